The maximum atomic E-state index is 13.0. The lowest BCUT2D eigenvalue weighted by Crippen LogP contribution is -2.63. The lowest BCUT2D eigenvalue weighted by atomic mass is 9.68. The molecule has 0 spiro atoms. The molecule has 148 valence electrons. The second-order valence-corrected chi connectivity index (χ2v) is 7.74. The molecule has 2 fully saturated rings. The smallest absolute Gasteiger partial charge is 0.311 e. The first-order chi connectivity index (χ1) is 13.4. The molecule has 2 atom stereocenters. The first-order valence-corrected chi connectivity index (χ1v) is 9.48. The predicted molar refractivity (Wildman–Crippen MR) is 100 cm³/mol. The van der Waals surface area contributed by atoms with Crippen LogP contribution in [0.2, 0.25) is 0 Å². The van der Waals surface area contributed by atoms with E-state index in [2.05, 4.69) is 20.3 Å². The summed E-state index contributed by atoms with van der Waals surface area (Å²) in [6.45, 7) is 1.76. The number of aliphatic carboxylic acids is 1. The summed E-state index contributed by atoms with van der Waals surface area (Å²) in [5.74, 6) is -0.303. The summed E-state index contributed by atoms with van der Waals surface area (Å²) in [5.41, 5.74) is 0.625. The minimum absolute atomic E-state index is 0.0726. The zero-order chi connectivity index (χ0) is 19.9. The van der Waals surface area contributed by atoms with Crippen LogP contribution in [0.1, 0.15) is 29.6 Å². The number of carboxylic acids is 1. The molecule has 9 heteroatoms. The topological polar surface area (TPSA) is 104 Å². The van der Waals surface area contributed by atoms with Gasteiger partial charge < -0.3 is 14.9 Å². The van der Waals surface area contributed by atoms with E-state index in [1.807, 2.05) is 19.2 Å². The zero-order valence-electron chi connectivity index (χ0n) is 16.1. The summed E-state index contributed by atoms with van der Waals surface area (Å²) >= 11 is 0. The van der Waals surface area contributed by atoms with Crippen molar-refractivity contribution in [2.45, 2.75) is 25.3 Å². The van der Waals surface area contributed by atoms with Crippen LogP contribution in [0, 0.1) is 5.41 Å². The van der Waals surface area contributed by atoms with Gasteiger partial charge in [0.25, 0.3) is 5.91 Å². The van der Waals surface area contributed by atoms with Gasteiger partial charge in [-0.15, -0.1) is 10.2 Å². The average Bonchev–Trinajstić information content (AvgIpc) is 3.14. The molecule has 1 N–H and O–H groups in total. The van der Waals surface area contributed by atoms with Gasteiger partial charge in [0.2, 0.25) is 5.82 Å². The van der Waals surface area contributed by atoms with Gasteiger partial charge in [-0.3, -0.25) is 9.59 Å². The number of carbonyl (C=O) groups is 2. The van der Waals surface area contributed by atoms with E-state index in [1.165, 1.54) is 4.80 Å². The summed E-state index contributed by atoms with van der Waals surface area (Å²) < 4.78 is 0. The number of amides is 1. The number of nitrogens with zero attached hydrogens (tertiary/aromatic N) is 6. The number of likely N-dealkylation sites (tertiary alicyclic amines) is 2. The Morgan fingerprint density at radius 3 is 2.54 bits per heavy atom. The van der Waals surface area contributed by atoms with Gasteiger partial charge in [-0.1, -0.05) is 12.1 Å². The van der Waals surface area contributed by atoms with Crippen LogP contribution in [0.15, 0.2) is 24.3 Å². The van der Waals surface area contributed by atoms with Crippen LogP contribution < -0.4 is 0 Å². The highest BCUT2D eigenvalue weighted by molar-refractivity contribution is 5.95. The van der Waals surface area contributed by atoms with Crippen molar-refractivity contribution in [3.63, 3.8) is 0 Å². The number of rotatable bonds is 3. The monoisotopic (exact) mass is 384 g/mol. The fourth-order valence-corrected chi connectivity index (χ4v) is 4.51. The van der Waals surface area contributed by atoms with Crippen LogP contribution in [0.5, 0.6) is 0 Å². The number of carboxylic acid groups (broad SMARTS) is 1. The number of carbonyl (C=O) groups excluding carboxylic acids is 1. The minimum atomic E-state index is -0.745. The van der Waals surface area contributed by atoms with Crippen LogP contribution in [0.3, 0.4) is 0 Å². The molecular formula is C19H24N6O3. The largest absolute Gasteiger partial charge is 0.481 e. The van der Waals surface area contributed by atoms with Gasteiger partial charge in [0.1, 0.15) is 0 Å². The summed E-state index contributed by atoms with van der Waals surface area (Å²) in [6, 6.07) is 6.99. The molecule has 2 aliphatic rings. The molecule has 9 nitrogen and oxygen atoms in total. The summed E-state index contributed by atoms with van der Waals surface area (Å²) in [4.78, 5) is 30.3. The van der Waals surface area contributed by atoms with E-state index in [9.17, 15) is 14.7 Å². The van der Waals surface area contributed by atoms with Crippen molar-refractivity contribution < 1.29 is 14.7 Å². The van der Waals surface area contributed by atoms with Crippen molar-refractivity contribution >= 4 is 11.9 Å². The summed E-state index contributed by atoms with van der Waals surface area (Å²) in [6.07, 6.45) is 2.05. The Bertz CT molecular complexity index is 895. The van der Waals surface area contributed by atoms with Crippen LogP contribution >= 0.6 is 0 Å². The van der Waals surface area contributed by atoms with Gasteiger partial charge in [0.15, 0.2) is 0 Å². The van der Waals surface area contributed by atoms with Crippen molar-refractivity contribution in [1.29, 1.82) is 0 Å². The predicted octanol–water partition coefficient (Wildman–Crippen LogP) is 0.888. The SMILES string of the molecule is CN1CCC[C@]2(C(=O)O)CCN(C(=O)c3ccc(-c4nnn(C)n4)cc3)C[C@@H]12. The van der Waals surface area contributed by atoms with Gasteiger partial charge in [-0.2, -0.15) is 4.80 Å². The molecule has 1 aromatic carbocycles. The van der Waals surface area contributed by atoms with E-state index in [1.54, 1.807) is 24.1 Å². The Kier molecular flexibility index (Phi) is 4.62. The fourth-order valence-electron chi connectivity index (χ4n) is 4.51. The lowest BCUT2D eigenvalue weighted by molar-refractivity contribution is -0.161. The molecular weight excluding hydrogens is 360 g/mol. The molecule has 4 rings (SSSR count). The number of fused-ring (bicyclic) bond motifs is 1. The highest BCUT2D eigenvalue weighted by atomic mass is 16.4. The average molecular weight is 384 g/mol. The number of benzene rings is 1. The lowest BCUT2D eigenvalue weighted by Gasteiger charge is -2.51. The molecule has 0 bridgehead atoms. The van der Waals surface area contributed by atoms with Crippen molar-refractivity contribution in [2.24, 2.45) is 12.5 Å². The van der Waals surface area contributed by atoms with Gasteiger partial charge in [0.05, 0.1) is 12.5 Å². The number of likely N-dealkylation sites (N-methyl/N-ethyl adjacent to an activating group) is 1. The molecule has 0 unspecified atom stereocenters. The number of piperidine rings is 2. The van der Waals surface area contributed by atoms with Crippen LogP contribution in [0.4, 0.5) is 0 Å². The van der Waals surface area contributed by atoms with Gasteiger partial charge >= 0.3 is 5.97 Å². The van der Waals surface area contributed by atoms with Crippen LogP contribution in [0.25, 0.3) is 11.4 Å². The number of tetrazole rings is 1. The third-order valence-corrected chi connectivity index (χ3v) is 6.14. The number of hydrogen-bond donors (Lipinski definition) is 1. The summed E-state index contributed by atoms with van der Waals surface area (Å²) in [5, 5.41) is 21.8. The molecule has 0 radical (unpaired) electrons. The van der Waals surface area contributed by atoms with Crippen LogP contribution in [-0.4, -0.2) is 79.7 Å². The molecule has 2 aliphatic heterocycles. The fraction of sp³-hybridized carbons (Fsp3) is 0.526. The van der Waals surface area contributed by atoms with E-state index in [0.29, 0.717) is 37.3 Å². The molecule has 3 heterocycles. The van der Waals surface area contributed by atoms with Gasteiger partial charge in [-0.05, 0) is 50.2 Å². The van der Waals surface area contributed by atoms with E-state index in [-0.39, 0.29) is 11.9 Å². The number of aryl methyl sites for hydroxylation is 1. The molecule has 2 saturated heterocycles. The molecule has 2 aromatic rings. The minimum Gasteiger partial charge on any atom is -0.481 e. The molecule has 0 saturated carbocycles. The first kappa shape index (κ1) is 18.5. The highest BCUT2D eigenvalue weighted by Gasteiger charge is 2.52. The normalized spacial score (nSPS) is 25.4. The van der Waals surface area contributed by atoms with Gasteiger partial charge in [-0.25, -0.2) is 0 Å². The molecule has 28 heavy (non-hydrogen) atoms. The maximum absolute atomic E-state index is 13.0. The second-order valence-electron chi connectivity index (χ2n) is 7.74. The standard InChI is InChI=1S/C19H24N6O3/c1-23-10-3-8-19(18(27)28)9-11-25(12-15(19)23)17(26)14-6-4-13(5-7-14)16-20-22-24(2)21-16/h4-7,15H,3,8-12H2,1-2H3,(H,27,28)/t15-,19+/m1/s1. The van der Waals surface area contributed by atoms with Crippen molar-refractivity contribution in [3.05, 3.63) is 29.8 Å². The Balaban J connectivity index is 1.52. The Morgan fingerprint density at radius 2 is 1.89 bits per heavy atom. The molecule has 1 aromatic heterocycles. The first-order valence-electron chi connectivity index (χ1n) is 9.48. The van der Waals surface area contributed by atoms with Crippen molar-refractivity contribution in [3.8, 4) is 11.4 Å². The Labute approximate surface area is 162 Å². The zero-order valence-corrected chi connectivity index (χ0v) is 16.1. The summed E-state index contributed by atoms with van der Waals surface area (Å²) in [7, 11) is 3.66. The van der Waals surface area contributed by atoms with E-state index >= 15 is 0 Å². The third-order valence-electron chi connectivity index (χ3n) is 6.14. The second kappa shape index (κ2) is 6.97. The van der Waals surface area contributed by atoms with Gasteiger partial charge in [0, 0.05) is 30.3 Å². The van der Waals surface area contributed by atoms with Crippen LogP contribution in [-0.2, 0) is 11.8 Å². The molecule has 0 aliphatic carbocycles. The Hall–Kier alpha value is -2.81. The van der Waals surface area contributed by atoms with E-state index in [0.717, 1.165) is 18.5 Å². The number of aromatic nitrogens is 4. The maximum Gasteiger partial charge on any atom is 0.311 e. The highest BCUT2D eigenvalue weighted by Crippen LogP contribution is 2.42. The van der Waals surface area contributed by atoms with E-state index in [4.69, 9.17) is 0 Å². The van der Waals surface area contributed by atoms with Crippen molar-refractivity contribution in [1.82, 2.24) is 30.0 Å². The molecule has 1 amide bonds. The van der Waals surface area contributed by atoms with Crippen molar-refractivity contribution in [2.75, 3.05) is 26.7 Å². The quantitative estimate of drug-likeness (QED) is 0.838. The number of hydrogen-bond acceptors (Lipinski definition) is 6. The third kappa shape index (κ3) is 3.05. The van der Waals surface area contributed by atoms with E-state index < -0.39 is 11.4 Å². The Morgan fingerprint density at radius 1 is 1.14 bits per heavy atom.